The summed E-state index contributed by atoms with van der Waals surface area (Å²) in [7, 11) is 0. The molecule has 1 aromatic carbocycles. The van der Waals surface area contributed by atoms with Crippen LogP contribution >= 0.6 is 11.3 Å². The number of hydrogen-bond acceptors (Lipinski definition) is 6. The molecule has 1 amide bonds. The number of aliphatic hydroxyl groups is 1. The van der Waals surface area contributed by atoms with Crippen LogP contribution in [-0.2, 0) is 6.54 Å². The van der Waals surface area contributed by atoms with Crippen LogP contribution < -0.4 is 5.73 Å². The normalized spacial score (nSPS) is 10.7. The number of carbonyl (C=O) groups is 1. The minimum atomic E-state index is -0.115. The molecule has 2 aromatic heterocycles. The van der Waals surface area contributed by atoms with E-state index in [9.17, 15) is 9.90 Å². The first-order chi connectivity index (χ1) is 12.6. The van der Waals surface area contributed by atoms with Gasteiger partial charge >= 0.3 is 0 Å². The number of carbonyl (C=O) groups excluding carboxylic acids is 1. The molecule has 0 aliphatic rings. The molecule has 0 atom stereocenters. The quantitative estimate of drug-likeness (QED) is 0.698. The summed E-state index contributed by atoms with van der Waals surface area (Å²) >= 11 is 1.65. The van der Waals surface area contributed by atoms with Crippen molar-refractivity contribution in [3.63, 3.8) is 0 Å². The number of nitrogen functional groups attached to an aromatic ring is 1. The van der Waals surface area contributed by atoms with Gasteiger partial charge in [-0.15, -0.1) is 11.3 Å². The summed E-state index contributed by atoms with van der Waals surface area (Å²) in [6.45, 7) is 2.73. The zero-order valence-corrected chi connectivity index (χ0v) is 15.2. The van der Waals surface area contributed by atoms with Crippen molar-refractivity contribution in [1.29, 1.82) is 0 Å². The lowest BCUT2D eigenvalue weighted by Crippen LogP contribution is -2.32. The monoisotopic (exact) mass is 368 g/mol. The predicted octanol–water partition coefficient (Wildman–Crippen LogP) is 2.73. The lowest BCUT2D eigenvalue weighted by Gasteiger charge is -2.21. The Hall–Kier alpha value is -2.77. The molecule has 0 fully saturated rings. The van der Waals surface area contributed by atoms with Crippen LogP contribution in [0.15, 0.2) is 48.8 Å². The van der Waals surface area contributed by atoms with Gasteiger partial charge in [0.2, 0.25) is 0 Å². The van der Waals surface area contributed by atoms with Gasteiger partial charge in [0.1, 0.15) is 5.82 Å². The number of aromatic nitrogens is 2. The number of aryl methyl sites for hydroxylation is 1. The van der Waals surface area contributed by atoms with Gasteiger partial charge in [-0.3, -0.25) is 9.78 Å². The number of hydrogen-bond donors (Lipinski definition) is 2. The molecule has 0 aliphatic heterocycles. The minimum absolute atomic E-state index is 0.0763. The third-order valence-corrected chi connectivity index (χ3v) is 4.87. The van der Waals surface area contributed by atoms with E-state index in [0.717, 1.165) is 10.4 Å². The first kappa shape index (κ1) is 18.0. The number of nitrogens with zero attached hydrogens (tertiary/aromatic N) is 3. The van der Waals surface area contributed by atoms with E-state index >= 15 is 0 Å². The second-order valence-electron chi connectivity index (χ2n) is 5.87. The van der Waals surface area contributed by atoms with Gasteiger partial charge in [-0.05, 0) is 31.2 Å². The molecule has 0 saturated heterocycles. The van der Waals surface area contributed by atoms with Crippen molar-refractivity contribution >= 4 is 23.1 Å². The average molecular weight is 368 g/mol. The highest BCUT2D eigenvalue weighted by molar-refractivity contribution is 7.11. The van der Waals surface area contributed by atoms with Crippen molar-refractivity contribution in [2.24, 2.45) is 0 Å². The number of thiophene rings is 1. The molecule has 0 spiro atoms. The van der Waals surface area contributed by atoms with E-state index in [4.69, 9.17) is 5.73 Å². The first-order valence-corrected chi connectivity index (χ1v) is 9.02. The number of nitrogens with two attached hydrogens (primary N) is 1. The van der Waals surface area contributed by atoms with E-state index in [1.54, 1.807) is 34.6 Å². The van der Waals surface area contributed by atoms with Crippen LogP contribution in [0.3, 0.4) is 0 Å². The van der Waals surface area contributed by atoms with E-state index in [-0.39, 0.29) is 19.1 Å². The number of benzene rings is 1. The van der Waals surface area contributed by atoms with Gasteiger partial charge in [0.05, 0.1) is 31.2 Å². The first-order valence-electron chi connectivity index (χ1n) is 8.20. The summed E-state index contributed by atoms with van der Waals surface area (Å²) in [6.07, 6.45) is 3.12. The minimum Gasteiger partial charge on any atom is -0.395 e. The van der Waals surface area contributed by atoms with Crippen LogP contribution in [-0.4, -0.2) is 39.0 Å². The summed E-state index contributed by atoms with van der Waals surface area (Å²) in [5.74, 6) is 0.235. The van der Waals surface area contributed by atoms with Gasteiger partial charge in [-0.25, -0.2) is 4.98 Å². The maximum absolute atomic E-state index is 12.8. The molecule has 26 heavy (non-hydrogen) atoms. The Labute approximate surface area is 156 Å². The molecule has 3 N–H and O–H groups in total. The van der Waals surface area contributed by atoms with Gasteiger partial charge in [0, 0.05) is 27.4 Å². The Bertz CT molecular complexity index is 893. The highest BCUT2D eigenvalue weighted by Gasteiger charge is 2.17. The lowest BCUT2D eigenvalue weighted by molar-refractivity contribution is 0.0709. The van der Waals surface area contributed by atoms with E-state index in [0.29, 0.717) is 23.6 Å². The van der Waals surface area contributed by atoms with Crippen molar-refractivity contribution < 1.29 is 9.90 Å². The Morgan fingerprint density at radius 2 is 1.96 bits per heavy atom. The Kier molecular flexibility index (Phi) is 5.60. The molecule has 0 unspecified atom stereocenters. The largest absolute Gasteiger partial charge is 0.395 e. The fourth-order valence-corrected chi connectivity index (χ4v) is 3.52. The van der Waals surface area contributed by atoms with Crippen molar-refractivity contribution in [1.82, 2.24) is 14.9 Å². The summed E-state index contributed by atoms with van der Waals surface area (Å²) in [5.41, 5.74) is 7.72. The van der Waals surface area contributed by atoms with Gasteiger partial charge in [-0.1, -0.05) is 12.1 Å². The van der Waals surface area contributed by atoms with E-state index in [1.165, 1.54) is 11.1 Å². The molecule has 3 rings (SSSR count). The Morgan fingerprint density at radius 1 is 1.19 bits per heavy atom. The molecule has 134 valence electrons. The fourth-order valence-electron chi connectivity index (χ4n) is 2.62. The molecular weight excluding hydrogens is 348 g/mol. The van der Waals surface area contributed by atoms with Crippen LogP contribution in [0, 0.1) is 6.92 Å². The average Bonchev–Trinajstić information content (AvgIpc) is 3.06. The Morgan fingerprint density at radius 3 is 2.58 bits per heavy atom. The van der Waals surface area contributed by atoms with Gasteiger partial charge in [-0.2, -0.15) is 0 Å². The number of amides is 1. The smallest absolute Gasteiger partial charge is 0.254 e. The molecule has 0 radical (unpaired) electrons. The maximum atomic E-state index is 12.8. The highest BCUT2D eigenvalue weighted by Crippen LogP contribution is 2.21. The molecule has 0 bridgehead atoms. The highest BCUT2D eigenvalue weighted by atomic mass is 32.1. The fraction of sp³-hybridized carbons (Fsp3) is 0.211. The van der Waals surface area contributed by atoms with Crippen LogP contribution in [0.4, 0.5) is 5.82 Å². The van der Waals surface area contributed by atoms with Crippen LogP contribution in [0.5, 0.6) is 0 Å². The summed E-state index contributed by atoms with van der Waals surface area (Å²) in [6, 6.07) is 11.2. The molecular formula is C19H20N4O2S. The SMILES string of the molecule is Cc1ccc(CN(CCO)C(=O)c2ccc(-c3cncc(N)n3)cc2)s1. The number of rotatable bonds is 6. The molecule has 3 aromatic rings. The van der Waals surface area contributed by atoms with Crippen molar-refractivity contribution in [3.8, 4) is 11.3 Å². The maximum Gasteiger partial charge on any atom is 0.254 e. The molecule has 0 aliphatic carbocycles. The zero-order valence-electron chi connectivity index (χ0n) is 14.4. The van der Waals surface area contributed by atoms with Crippen LogP contribution in [0.2, 0.25) is 0 Å². The predicted molar refractivity (Wildman–Crippen MR) is 103 cm³/mol. The summed E-state index contributed by atoms with van der Waals surface area (Å²) < 4.78 is 0. The third-order valence-electron chi connectivity index (χ3n) is 3.88. The molecule has 0 saturated carbocycles. The second kappa shape index (κ2) is 8.07. The van der Waals surface area contributed by atoms with Crippen molar-refractivity contribution in [2.75, 3.05) is 18.9 Å². The van der Waals surface area contributed by atoms with Gasteiger partial charge in [0.15, 0.2) is 0 Å². The third kappa shape index (κ3) is 4.25. The van der Waals surface area contributed by atoms with E-state index in [2.05, 4.69) is 9.97 Å². The summed E-state index contributed by atoms with van der Waals surface area (Å²) in [4.78, 5) is 25.0. The van der Waals surface area contributed by atoms with Gasteiger partial charge < -0.3 is 15.7 Å². The van der Waals surface area contributed by atoms with Crippen LogP contribution in [0.1, 0.15) is 20.1 Å². The van der Waals surface area contributed by atoms with Crippen molar-refractivity contribution in [2.45, 2.75) is 13.5 Å². The molecule has 2 heterocycles. The topological polar surface area (TPSA) is 92.3 Å². The van der Waals surface area contributed by atoms with E-state index < -0.39 is 0 Å². The number of aliphatic hydroxyl groups excluding tert-OH is 1. The Balaban J connectivity index is 1.78. The molecule has 7 heteroatoms. The second-order valence-corrected chi connectivity index (χ2v) is 7.24. The summed E-state index contributed by atoms with van der Waals surface area (Å²) in [5, 5.41) is 9.32. The van der Waals surface area contributed by atoms with Crippen molar-refractivity contribution in [3.05, 3.63) is 64.1 Å². The van der Waals surface area contributed by atoms with E-state index in [1.807, 2.05) is 31.2 Å². The lowest BCUT2D eigenvalue weighted by atomic mass is 10.1. The number of anilines is 1. The standard InChI is InChI=1S/C19H20N4O2S/c1-13-2-7-16(26-13)12-23(8-9-24)19(25)15-5-3-14(4-6-15)17-10-21-11-18(20)22-17/h2-7,10-11,24H,8-9,12H2,1H3,(H2,20,22). The molecule has 6 nitrogen and oxygen atoms in total. The van der Waals surface area contributed by atoms with Crippen LogP contribution in [0.25, 0.3) is 11.3 Å². The zero-order chi connectivity index (χ0) is 18.5. The van der Waals surface area contributed by atoms with Gasteiger partial charge in [0.25, 0.3) is 5.91 Å².